The van der Waals surface area contributed by atoms with Crippen LogP contribution < -0.4 is 0 Å². The van der Waals surface area contributed by atoms with Gasteiger partial charge in [0.1, 0.15) is 11.6 Å². The molecule has 0 radical (unpaired) electrons. The summed E-state index contributed by atoms with van der Waals surface area (Å²) in [6.07, 6.45) is 3.19. The monoisotopic (exact) mass is 324 g/mol. The van der Waals surface area contributed by atoms with Crippen molar-refractivity contribution in [3.8, 4) is 0 Å². The number of thioether (sulfide) groups is 1. The van der Waals surface area contributed by atoms with E-state index in [9.17, 15) is 8.78 Å². The minimum absolute atomic E-state index is 0.0218. The second-order valence-electron chi connectivity index (χ2n) is 3.58. The van der Waals surface area contributed by atoms with Gasteiger partial charge >= 0.3 is 0 Å². The van der Waals surface area contributed by atoms with Crippen molar-refractivity contribution in [1.82, 2.24) is 0 Å². The van der Waals surface area contributed by atoms with E-state index in [4.69, 9.17) is 0 Å². The molecule has 16 heavy (non-hydrogen) atoms. The van der Waals surface area contributed by atoms with E-state index in [2.05, 4.69) is 22.2 Å². The Morgan fingerprint density at radius 1 is 1.31 bits per heavy atom. The Labute approximate surface area is 109 Å². The lowest BCUT2D eigenvalue weighted by Crippen LogP contribution is -2.10. The van der Waals surface area contributed by atoms with E-state index < -0.39 is 11.6 Å². The van der Waals surface area contributed by atoms with Crippen molar-refractivity contribution < 1.29 is 8.78 Å². The summed E-state index contributed by atoms with van der Waals surface area (Å²) in [4.78, 5) is 0. The summed E-state index contributed by atoms with van der Waals surface area (Å²) in [5.41, 5.74) is 0.179. The van der Waals surface area contributed by atoms with Crippen LogP contribution in [-0.4, -0.2) is 22.0 Å². The Kier molecular flexibility index (Phi) is 4.08. The van der Waals surface area contributed by atoms with Crippen LogP contribution in [0, 0.1) is 11.6 Å². The maximum Gasteiger partial charge on any atom is 0.136 e. The Hall–Kier alpha value is 0.130. The molecule has 0 amide bonds. The fraction of sp³-hybridized carbons (Fsp3) is 0.364. The lowest BCUT2D eigenvalue weighted by Gasteiger charge is -2.19. The lowest BCUT2D eigenvalue weighted by atomic mass is 10.2. The van der Waals surface area contributed by atoms with Crippen LogP contribution in [0.4, 0.5) is 8.78 Å². The third-order valence-corrected chi connectivity index (χ3v) is 6.72. The average Bonchev–Trinajstić information content (AvgIpc) is 2.19. The van der Waals surface area contributed by atoms with Crippen molar-refractivity contribution >= 4 is 42.4 Å². The van der Waals surface area contributed by atoms with Gasteiger partial charge < -0.3 is 0 Å². The van der Waals surface area contributed by atoms with E-state index in [1.54, 1.807) is 11.8 Å². The van der Waals surface area contributed by atoms with E-state index in [0.717, 1.165) is 22.1 Å². The van der Waals surface area contributed by atoms with Crippen LogP contribution in [0.3, 0.4) is 0 Å². The predicted molar refractivity (Wildman–Crippen MR) is 73.6 cm³/mol. The molecule has 0 N–H and O–H groups in total. The summed E-state index contributed by atoms with van der Waals surface area (Å²) in [5.74, 6) is 1.07. The third-order valence-electron chi connectivity index (χ3n) is 2.36. The topological polar surface area (TPSA) is 0 Å². The van der Waals surface area contributed by atoms with Crippen LogP contribution in [-0.2, 0) is 0 Å². The first-order chi connectivity index (χ1) is 7.59. The van der Waals surface area contributed by atoms with E-state index in [-0.39, 0.29) is 16.0 Å². The van der Waals surface area contributed by atoms with Crippen molar-refractivity contribution in [3.05, 3.63) is 33.8 Å². The first kappa shape index (κ1) is 12.6. The third kappa shape index (κ3) is 2.51. The summed E-state index contributed by atoms with van der Waals surface area (Å²) >= 11 is 4.68. The zero-order valence-corrected chi connectivity index (χ0v) is 11.9. The van der Waals surface area contributed by atoms with Crippen molar-refractivity contribution in [2.45, 2.75) is 6.42 Å². The van der Waals surface area contributed by atoms with Gasteiger partial charge in [0.05, 0.1) is 5.56 Å². The van der Waals surface area contributed by atoms with E-state index in [1.165, 1.54) is 12.1 Å². The zero-order chi connectivity index (χ0) is 11.7. The highest BCUT2D eigenvalue weighted by Crippen LogP contribution is 2.33. The molecule has 1 aromatic rings. The summed E-state index contributed by atoms with van der Waals surface area (Å²) in [6.45, 7) is 0. The molecular formula is C11H11BrF2S2. The molecule has 0 aromatic heterocycles. The number of rotatable bonds is 1. The zero-order valence-electron chi connectivity index (χ0n) is 8.73. The van der Waals surface area contributed by atoms with Gasteiger partial charge in [-0.3, -0.25) is 0 Å². The Bertz CT molecular complexity index is 434. The van der Waals surface area contributed by atoms with Crippen LogP contribution >= 0.6 is 38.2 Å². The Morgan fingerprint density at radius 3 is 2.50 bits per heavy atom. The van der Waals surface area contributed by atoms with E-state index >= 15 is 0 Å². The number of hydrogen-bond donors (Lipinski definition) is 0. The molecule has 1 heterocycles. The number of hydrogen-bond acceptors (Lipinski definition) is 1. The molecule has 1 aromatic carbocycles. The molecule has 1 atom stereocenters. The van der Waals surface area contributed by atoms with Gasteiger partial charge in [-0.1, -0.05) is 15.9 Å². The minimum Gasteiger partial charge on any atom is -0.206 e. The smallest absolute Gasteiger partial charge is 0.136 e. The molecule has 0 aliphatic carbocycles. The molecular weight excluding hydrogens is 314 g/mol. The maximum absolute atomic E-state index is 13.8. The first-order valence-corrected chi connectivity index (χ1v) is 8.45. The van der Waals surface area contributed by atoms with Crippen LogP contribution in [0.2, 0.25) is 0 Å². The van der Waals surface area contributed by atoms with Crippen molar-refractivity contribution in [2.75, 3.05) is 17.8 Å². The van der Waals surface area contributed by atoms with Crippen molar-refractivity contribution in [3.63, 3.8) is 0 Å². The van der Waals surface area contributed by atoms with Gasteiger partial charge in [0.15, 0.2) is 0 Å². The second-order valence-corrected chi connectivity index (χ2v) is 7.95. The molecule has 5 heteroatoms. The summed E-state index contributed by atoms with van der Waals surface area (Å²) in [5, 5.41) is 0. The Balaban J connectivity index is 2.55. The van der Waals surface area contributed by atoms with Gasteiger partial charge in [-0.25, -0.2) is 8.78 Å². The van der Waals surface area contributed by atoms with Gasteiger partial charge in [0.25, 0.3) is 0 Å². The molecule has 0 nitrogen and oxygen atoms in total. The quantitative estimate of drug-likeness (QED) is 0.696. The number of halogens is 3. The summed E-state index contributed by atoms with van der Waals surface area (Å²) < 4.78 is 28.9. The fourth-order valence-corrected chi connectivity index (χ4v) is 5.63. The van der Waals surface area contributed by atoms with Crippen molar-refractivity contribution in [1.29, 1.82) is 0 Å². The molecule has 0 bridgehead atoms. The van der Waals surface area contributed by atoms with Crippen LogP contribution in [0.25, 0.3) is 0 Å². The largest absolute Gasteiger partial charge is 0.206 e. The summed E-state index contributed by atoms with van der Waals surface area (Å²) in [7, 11) is -0.0218. The van der Waals surface area contributed by atoms with Crippen LogP contribution in [0.1, 0.15) is 12.0 Å². The van der Waals surface area contributed by atoms with E-state index in [1.807, 2.05) is 0 Å². The molecule has 0 saturated carbocycles. The molecule has 1 aliphatic heterocycles. The molecule has 1 unspecified atom stereocenters. The number of benzene rings is 1. The standard InChI is InChI=1S/C11H11BrF2S2/c1-16-4-2-3-15-11(16)10-8(13)5-7(12)6-9(10)14/h5-6H,2-4H2,1H3. The molecule has 0 fully saturated rings. The van der Waals surface area contributed by atoms with E-state index in [0.29, 0.717) is 4.47 Å². The van der Waals surface area contributed by atoms with Gasteiger partial charge in [-0.2, -0.15) is 10.5 Å². The minimum atomic E-state index is -0.462. The van der Waals surface area contributed by atoms with Crippen LogP contribution in [0.5, 0.6) is 0 Å². The summed E-state index contributed by atoms with van der Waals surface area (Å²) in [6, 6.07) is 2.66. The maximum atomic E-state index is 13.8. The van der Waals surface area contributed by atoms with Gasteiger partial charge in [-0.15, -0.1) is 11.8 Å². The fourth-order valence-electron chi connectivity index (χ4n) is 1.62. The van der Waals surface area contributed by atoms with Gasteiger partial charge in [-0.05, 0) is 36.3 Å². The van der Waals surface area contributed by atoms with Crippen LogP contribution in [0.15, 0.2) is 16.6 Å². The molecule has 0 spiro atoms. The molecule has 1 aliphatic rings. The van der Waals surface area contributed by atoms with Gasteiger partial charge in [0.2, 0.25) is 0 Å². The highest BCUT2D eigenvalue weighted by atomic mass is 79.9. The van der Waals surface area contributed by atoms with Crippen molar-refractivity contribution in [2.24, 2.45) is 0 Å². The molecule has 2 rings (SSSR count). The Morgan fingerprint density at radius 2 is 1.94 bits per heavy atom. The normalized spacial score (nSPS) is 21.2. The molecule has 88 valence electrons. The first-order valence-electron chi connectivity index (χ1n) is 4.87. The highest BCUT2D eigenvalue weighted by Gasteiger charge is 2.19. The highest BCUT2D eigenvalue weighted by molar-refractivity contribution is 9.10. The molecule has 0 saturated heterocycles. The second kappa shape index (κ2) is 5.19. The predicted octanol–water partition coefficient (Wildman–Crippen LogP) is 4.24. The van der Waals surface area contributed by atoms with Gasteiger partial charge in [0, 0.05) is 8.67 Å². The average molecular weight is 325 g/mol. The SMILES string of the molecule is CS1=C(c2c(F)cc(Br)cc2F)SCCC1. The lowest BCUT2D eigenvalue weighted by molar-refractivity contribution is 0.579.